The summed E-state index contributed by atoms with van der Waals surface area (Å²) in [7, 11) is 0. The van der Waals surface area contributed by atoms with Crippen LogP contribution in [0, 0.1) is 0 Å². The van der Waals surface area contributed by atoms with Crippen molar-refractivity contribution in [2.45, 2.75) is 11.8 Å². The second-order valence-electron chi connectivity index (χ2n) is 5.94. The molecule has 3 aromatic carbocycles. The van der Waals surface area contributed by atoms with Gasteiger partial charge in [-0.1, -0.05) is 48.5 Å². The minimum Gasteiger partial charge on any atom is -0.457 e. The number of hydrogen-bond donors (Lipinski definition) is 1. The molecule has 0 radical (unpaired) electrons. The van der Waals surface area contributed by atoms with Crippen molar-refractivity contribution >= 4 is 0 Å². The van der Waals surface area contributed by atoms with E-state index in [1.165, 1.54) is 12.1 Å². The van der Waals surface area contributed by atoms with Crippen LogP contribution in [0.3, 0.4) is 0 Å². The third-order valence-corrected chi connectivity index (χ3v) is 4.51. The van der Waals surface area contributed by atoms with E-state index in [0.717, 1.165) is 12.1 Å². The summed E-state index contributed by atoms with van der Waals surface area (Å²) in [6, 6.07) is 18.4. The fourth-order valence-corrected chi connectivity index (χ4v) is 3.31. The SMILES string of the molecule is OOC1(c2ccc(C(F)(F)F)cc2)c2ccccc2Oc2ccccc21. The Hall–Kier alpha value is -2.83. The summed E-state index contributed by atoms with van der Waals surface area (Å²) >= 11 is 0. The summed E-state index contributed by atoms with van der Waals surface area (Å²) in [5.74, 6) is 0.917. The average molecular weight is 358 g/mol. The summed E-state index contributed by atoms with van der Waals surface area (Å²) in [4.78, 5) is 4.98. The lowest BCUT2D eigenvalue weighted by Crippen LogP contribution is -2.35. The van der Waals surface area contributed by atoms with Gasteiger partial charge in [-0.3, -0.25) is 5.26 Å². The normalized spacial score (nSPS) is 14.9. The molecule has 1 N–H and O–H groups in total. The Morgan fingerprint density at radius 3 is 1.73 bits per heavy atom. The van der Waals surface area contributed by atoms with Gasteiger partial charge in [-0.05, 0) is 29.8 Å². The van der Waals surface area contributed by atoms with Crippen LogP contribution in [-0.2, 0) is 16.7 Å². The van der Waals surface area contributed by atoms with E-state index in [2.05, 4.69) is 0 Å². The topological polar surface area (TPSA) is 38.7 Å². The zero-order chi connectivity index (χ0) is 18.4. The van der Waals surface area contributed by atoms with Gasteiger partial charge in [0.25, 0.3) is 0 Å². The van der Waals surface area contributed by atoms with Gasteiger partial charge in [-0.2, -0.15) is 13.2 Å². The van der Waals surface area contributed by atoms with Crippen molar-refractivity contribution in [3.63, 3.8) is 0 Å². The molecule has 3 aromatic rings. The lowest BCUT2D eigenvalue weighted by molar-refractivity contribution is -0.303. The summed E-state index contributed by atoms with van der Waals surface area (Å²) in [5.41, 5.74) is -0.906. The van der Waals surface area contributed by atoms with Crippen molar-refractivity contribution in [3.8, 4) is 11.5 Å². The third-order valence-electron chi connectivity index (χ3n) is 4.51. The first kappa shape index (κ1) is 16.6. The van der Waals surface area contributed by atoms with E-state index in [9.17, 15) is 18.4 Å². The number of ether oxygens (including phenoxy) is 1. The minimum atomic E-state index is -4.45. The van der Waals surface area contributed by atoms with Crippen molar-refractivity contribution in [1.82, 2.24) is 0 Å². The molecule has 0 aromatic heterocycles. The van der Waals surface area contributed by atoms with E-state index in [4.69, 9.17) is 9.62 Å². The van der Waals surface area contributed by atoms with E-state index in [1.807, 2.05) is 0 Å². The van der Waals surface area contributed by atoms with Gasteiger partial charge in [-0.25, -0.2) is 4.89 Å². The van der Waals surface area contributed by atoms with E-state index in [-0.39, 0.29) is 0 Å². The van der Waals surface area contributed by atoms with Gasteiger partial charge in [0, 0.05) is 11.1 Å². The molecular weight excluding hydrogens is 345 g/mol. The zero-order valence-electron chi connectivity index (χ0n) is 13.3. The van der Waals surface area contributed by atoms with Crippen LogP contribution < -0.4 is 4.74 Å². The van der Waals surface area contributed by atoms with Gasteiger partial charge in [0.2, 0.25) is 0 Å². The Morgan fingerprint density at radius 2 is 1.27 bits per heavy atom. The molecule has 1 heterocycles. The molecule has 0 atom stereocenters. The average Bonchev–Trinajstić information content (AvgIpc) is 2.65. The molecule has 0 fully saturated rings. The van der Waals surface area contributed by atoms with E-state index < -0.39 is 17.3 Å². The molecule has 1 aliphatic heterocycles. The number of para-hydroxylation sites is 2. The Balaban J connectivity index is 1.98. The molecule has 6 heteroatoms. The van der Waals surface area contributed by atoms with Crippen LogP contribution in [0.2, 0.25) is 0 Å². The monoisotopic (exact) mass is 358 g/mol. The van der Waals surface area contributed by atoms with Gasteiger partial charge in [0.1, 0.15) is 11.5 Å². The van der Waals surface area contributed by atoms with Gasteiger partial charge < -0.3 is 4.74 Å². The van der Waals surface area contributed by atoms with E-state index >= 15 is 0 Å². The third kappa shape index (κ3) is 2.38. The van der Waals surface area contributed by atoms with Crippen molar-refractivity contribution in [2.75, 3.05) is 0 Å². The van der Waals surface area contributed by atoms with E-state index in [1.54, 1.807) is 48.5 Å². The molecule has 0 aliphatic carbocycles. The van der Waals surface area contributed by atoms with Crippen molar-refractivity contribution in [3.05, 3.63) is 95.1 Å². The van der Waals surface area contributed by atoms with Crippen LogP contribution in [0.15, 0.2) is 72.8 Å². The fraction of sp³-hybridized carbons (Fsp3) is 0.100. The van der Waals surface area contributed by atoms with Crippen LogP contribution in [0.4, 0.5) is 13.2 Å². The molecule has 0 bridgehead atoms. The fourth-order valence-electron chi connectivity index (χ4n) is 3.31. The number of halogens is 3. The molecule has 4 rings (SSSR count). The largest absolute Gasteiger partial charge is 0.457 e. The summed E-state index contributed by atoms with van der Waals surface area (Å²) in [6.45, 7) is 0. The molecule has 1 aliphatic rings. The summed E-state index contributed by atoms with van der Waals surface area (Å²) in [5, 5.41) is 9.94. The molecule has 0 spiro atoms. The highest BCUT2D eigenvalue weighted by Crippen LogP contribution is 2.52. The molecule has 0 amide bonds. The standard InChI is InChI=1S/C20H13F3O3/c21-20(22,23)14-11-9-13(10-12-14)19(26-24)15-5-1-3-7-17(15)25-18-8-4-2-6-16(18)19/h1-12,24H. The first-order valence-corrected chi connectivity index (χ1v) is 7.84. The van der Waals surface area contributed by atoms with Crippen LogP contribution in [-0.4, -0.2) is 5.26 Å². The number of fused-ring (bicyclic) bond motifs is 2. The number of hydrogen-bond acceptors (Lipinski definition) is 3. The Bertz CT molecular complexity index is 904. The Morgan fingerprint density at radius 1 is 0.769 bits per heavy atom. The lowest BCUT2D eigenvalue weighted by Gasteiger charge is -2.37. The number of benzene rings is 3. The Kier molecular flexibility index (Phi) is 3.75. The highest BCUT2D eigenvalue weighted by Gasteiger charge is 2.46. The predicted molar refractivity (Wildman–Crippen MR) is 88.0 cm³/mol. The number of rotatable bonds is 2. The van der Waals surface area contributed by atoms with Crippen LogP contribution in [0.1, 0.15) is 22.3 Å². The molecule has 0 saturated carbocycles. The van der Waals surface area contributed by atoms with Crippen LogP contribution in [0.5, 0.6) is 11.5 Å². The Labute approximate surface area is 147 Å². The van der Waals surface area contributed by atoms with Crippen LogP contribution >= 0.6 is 0 Å². The smallest absolute Gasteiger partial charge is 0.416 e. The van der Waals surface area contributed by atoms with Crippen LogP contribution in [0.25, 0.3) is 0 Å². The molecule has 132 valence electrons. The molecule has 0 saturated heterocycles. The molecular formula is C20H13F3O3. The zero-order valence-corrected chi connectivity index (χ0v) is 13.3. The molecule has 0 unspecified atom stereocenters. The van der Waals surface area contributed by atoms with Crippen molar-refractivity contribution in [2.24, 2.45) is 0 Å². The predicted octanol–water partition coefficient (Wildman–Crippen LogP) is 5.59. The first-order valence-electron chi connectivity index (χ1n) is 7.84. The molecule has 26 heavy (non-hydrogen) atoms. The van der Waals surface area contributed by atoms with Gasteiger partial charge in [0.15, 0.2) is 5.60 Å². The minimum absolute atomic E-state index is 0.358. The maximum absolute atomic E-state index is 12.9. The quantitative estimate of drug-likeness (QED) is 0.479. The maximum atomic E-state index is 12.9. The van der Waals surface area contributed by atoms with Gasteiger partial charge >= 0.3 is 6.18 Å². The summed E-state index contributed by atoms with van der Waals surface area (Å²) < 4.78 is 44.6. The van der Waals surface area contributed by atoms with Crippen molar-refractivity contribution < 1.29 is 28.1 Å². The van der Waals surface area contributed by atoms with Crippen molar-refractivity contribution in [1.29, 1.82) is 0 Å². The highest BCUT2D eigenvalue weighted by atomic mass is 19.4. The summed E-state index contributed by atoms with van der Waals surface area (Å²) in [6.07, 6.45) is -4.45. The molecule has 3 nitrogen and oxygen atoms in total. The lowest BCUT2D eigenvalue weighted by atomic mass is 9.78. The second-order valence-corrected chi connectivity index (χ2v) is 5.94. The second kappa shape index (κ2) is 5.86. The highest BCUT2D eigenvalue weighted by molar-refractivity contribution is 5.61. The number of alkyl halides is 3. The maximum Gasteiger partial charge on any atom is 0.416 e. The first-order chi connectivity index (χ1) is 12.5. The van der Waals surface area contributed by atoms with Gasteiger partial charge in [-0.15, -0.1) is 0 Å². The van der Waals surface area contributed by atoms with Gasteiger partial charge in [0.05, 0.1) is 5.56 Å². The van der Waals surface area contributed by atoms with E-state index in [0.29, 0.717) is 28.2 Å².